The summed E-state index contributed by atoms with van der Waals surface area (Å²) in [5.41, 5.74) is -2.43. The monoisotopic (exact) mass is 511 g/mol. The van der Waals surface area contributed by atoms with Gasteiger partial charge < -0.3 is 19.5 Å². The number of hydrogen-bond acceptors (Lipinski definition) is 5. The highest BCUT2D eigenvalue weighted by Gasteiger charge is 2.51. The van der Waals surface area contributed by atoms with E-state index in [1.807, 2.05) is 0 Å². The molecule has 0 saturated carbocycles. The van der Waals surface area contributed by atoms with Crippen molar-refractivity contribution in [3.63, 3.8) is 0 Å². The van der Waals surface area contributed by atoms with Crippen LogP contribution in [-0.2, 0) is 15.7 Å². The molecule has 4 atom stereocenters. The van der Waals surface area contributed by atoms with E-state index < -0.39 is 41.3 Å². The van der Waals surface area contributed by atoms with Crippen LogP contribution in [0.4, 0.5) is 23.2 Å². The quantitative estimate of drug-likeness (QED) is 0.467. The number of ether oxygens (including phenoxy) is 2. The fourth-order valence-electron chi connectivity index (χ4n) is 4.47. The normalized spacial score (nSPS) is 28.4. The first-order chi connectivity index (χ1) is 16.4. The second-order valence-corrected chi connectivity index (χ2v) is 9.64. The summed E-state index contributed by atoms with van der Waals surface area (Å²) in [5, 5.41) is 20.1. The van der Waals surface area contributed by atoms with Gasteiger partial charge in [-0.05, 0) is 62.8 Å². The van der Waals surface area contributed by atoms with Crippen molar-refractivity contribution < 1.29 is 32.1 Å². The van der Waals surface area contributed by atoms with Gasteiger partial charge in [-0.3, -0.25) is 4.90 Å². The molecule has 1 N–H and O–H groups in total. The lowest BCUT2D eigenvalue weighted by molar-refractivity contribution is -0.137. The molecule has 1 aliphatic carbocycles. The number of rotatable bonds is 5. The Balaban J connectivity index is 1.58. The molecule has 2 saturated heterocycles. The Morgan fingerprint density at radius 3 is 2.69 bits per heavy atom. The van der Waals surface area contributed by atoms with E-state index in [4.69, 9.17) is 27.0 Å². The molecule has 4 rings (SSSR count). The molecule has 11 heteroatoms. The van der Waals surface area contributed by atoms with Crippen LogP contribution in [0.1, 0.15) is 31.4 Å². The van der Waals surface area contributed by atoms with Gasteiger partial charge in [0, 0.05) is 23.9 Å². The number of allylic oxidation sites excluding steroid dienone is 1. The molecule has 0 spiro atoms. The first-order valence-corrected chi connectivity index (χ1v) is 11.5. The van der Waals surface area contributed by atoms with E-state index in [1.165, 1.54) is 28.0 Å². The smallest absolute Gasteiger partial charge is 0.381 e. The zero-order valence-electron chi connectivity index (χ0n) is 19.1. The van der Waals surface area contributed by atoms with E-state index in [2.05, 4.69) is 0 Å². The topological polar surface area (TPSA) is 69.0 Å². The van der Waals surface area contributed by atoms with Crippen molar-refractivity contribution in [1.82, 2.24) is 4.90 Å². The fourth-order valence-corrected chi connectivity index (χ4v) is 5.02. The van der Waals surface area contributed by atoms with Gasteiger partial charge in [-0.25, -0.2) is 4.39 Å². The summed E-state index contributed by atoms with van der Waals surface area (Å²) in [7, 11) is 0. The zero-order valence-corrected chi connectivity index (χ0v) is 19.9. The summed E-state index contributed by atoms with van der Waals surface area (Å²) < 4.78 is 66.5. The SMILES string of the molecule is CC1(C)C(O)N(c2ccc(C#N)c(C(F)(F)F)c2)C(=S)N1C1=CC(F)C(OCC2CCOC2)C=C1. The molecule has 35 heavy (non-hydrogen) atoms. The lowest BCUT2D eigenvalue weighted by Gasteiger charge is -2.35. The van der Waals surface area contributed by atoms with Crippen molar-refractivity contribution in [3.05, 3.63) is 53.3 Å². The van der Waals surface area contributed by atoms with Crippen molar-refractivity contribution in [2.75, 3.05) is 24.7 Å². The highest BCUT2D eigenvalue weighted by atomic mass is 32.1. The van der Waals surface area contributed by atoms with Gasteiger partial charge in [0.25, 0.3) is 0 Å². The third kappa shape index (κ3) is 4.80. The predicted molar refractivity (Wildman–Crippen MR) is 124 cm³/mol. The number of halogens is 4. The van der Waals surface area contributed by atoms with Crippen LogP contribution in [0.3, 0.4) is 0 Å². The van der Waals surface area contributed by atoms with Gasteiger partial charge in [0.2, 0.25) is 0 Å². The highest BCUT2D eigenvalue weighted by Crippen LogP contribution is 2.41. The highest BCUT2D eigenvalue weighted by molar-refractivity contribution is 7.80. The number of hydrogen-bond donors (Lipinski definition) is 1. The fraction of sp³-hybridized carbons (Fsp3) is 0.500. The van der Waals surface area contributed by atoms with Crippen LogP contribution in [0.2, 0.25) is 0 Å². The molecule has 1 aromatic carbocycles. The Labute approximate surface area is 206 Å². The molecule has 0 bridgehead atoms. The summed E-state index contributed by atoms with van der Waals surface area (Å²) in [5.74, 6) is 0.226. The molecular weight excluding hydrogens is 486 g/mol. The Morgan fingerprint density at radius 2 is 2.09 bits per heavy atom. The van der Waals surface area contributed by atoms with Crippen LogP contribution in [0.15, 0.2) is 42.1 Å². The largest absolute Gasteiger partial charge is 0.417 e. The Kier molecular flexibility index (Phi) is 6.94. The van der Waals surface area contributed by atoms with Crippen molar-refractivity contribution in [2.45, 2.75) is 50.5 Å². The van der Waals surface area contributed by atoms with E-state index in [-0.39, 0.29) is 16.7 Å². The van der Waals surface area contributed by atoms with E-state index in [9.17, 15) is 18.3 Å². The number of aliphatic hydroxyl groups is 1. The lowest BCUT2D eigenvalue weighted by Crippen LogP contribution is -2.46. The number of nitrogens with zero attached hydrogens (tertiary/aromatic N) is 3. The molecule has 1 aromatic rings. The van der Waals surface area contributed by atoms with Gasteiger partial charge in [-0.1, -0.05) is 6.08 Å². The van der Waals surface area contributed by atoms with Gasteiger partial charge in [0.05, 0.1) is 35.9 Å². The molecule has 188 valence electrons. The number of nitriles is 1. The standard InChI is InChI=1S/C24H25F4N3O3S/c1-23(2)21(32)30(16-4-3-15(11-29)18(9-16)24(26,27)28)22(35)31(23)17-5-6-20(19(25)10-17)34-13-14-7-8-33-12-14/h3-6,9-10,14,19-21,32H,7-8,12-13H2,1-2H3. The first-order valence-electron chi connectivity index (χ1n) is 11.1. The molecule has 2 fully saturated rings. The molecule has 0 amide bonds. The molecule has 0 aromatic heterocycles. The summed E-state index contributed by atoms with van der Waals surface area (Å²) in [6.45, 7) is 4.94. The zero-order chi connectivity index (χ0) is 25.5. The van der Waals surface area contributed by atoms with Crippen LogP contribution in [-0.4, -0.2) is 59.0 Å². The van der Waals surface area contributed by atoms with E-state index in [0.717, 1.165) is 18.6 Å². The average molecular weight is 512 g/mol. The Bertz CT molecular complexity index is 1090. The van der Waals surface area contributed by atoms with Gasteiger partial charge in [-0.15, -0.1) is 0 Å². The summed E-state index contributed by atoms with van der Waals surface area (Å²) in [6.07, 6.45) is -2.96. The molecule has 4 unspecified atom stereocenters. The molecular formula is C24H25F4N3O3S. The van der Waals surface area contributed by atoms with Gasteiger partial charge in [0.15, 0.2) is 17.5 Å². The van der Waals surface area contributed by atoms with Gasteiger partial charge in [-0.2, -0.15) is 18.4 Å². The molecule has 2 heterocycles. The maximum atomic E-state index is 15.0. The van der Waals surface area contributed by atoms with Crippen molar-refractivity contribution in [1.29, 1.82) is 5.26 Å². The minimum absolute atomic E-state index is 0.00547. The van der Waals surface area contributed by atoms with E-state index >= 15 is 4.39 Å². The minimum atomic E-state index is -4.77. The van der Waals surface area contributed by atoms with Gasteiger partial charge >= 0.3 is 6.18 Å². The Morgan fingerprint density at radius 1 is 1.34 bits per heavy atom. The second kappa shape index (κ2) is 9.50. The molecule has 3 aliphatic rings. The predicted octanol–water partition coefficient (Wildman–Crippen LogP) is 4.29. The lowest BCUT2D eigenvalue weighted by atomic mass is 9.99. The summed E-state index contributed by atoms with van der Waals surface area (Å²) in [6, 6.07) is 4.65. The van der Waals surface area contributed by atoms with Crippen LogP contribution in [0.5, 0.6) is 0 Å². The summed E-state index contributed by atoms with van der Waals surface area (Å²) in [4.78, 5) is 2.69. The van der Waals surface area contributed by atoms with Gasteiger partial charge in [0.1, 0.15) is 6.10 Å². The minimum Gasteiger partial charge on any atom is -0.381 e. The van der Waals surface area contributed by atoms with Crippen LogP contribution in [0.25, 0.3) is 0 Å². The molecule has 6 nitrogen and oxygen atoms in total. The van der Waals surface area contributed by atoms with Crippen LogP contribution >= 0.6 is 12.2 Å². The molecule has 2 aliphatic heterocycles. The summed E-state index contributed by atoms with van der Waals surface area (Å²) >= 11 is 5.54. The average Bonchev–Trinajstić information content (AvgIpc) is 3.37. The first kappa shape index (κ1) is 25.6. The number of thiocarbonyl (C=S) groups is 1. The van der Waals surface area contributed by atoms with Crippen molar-refractivity contribution in [2.24, 2.45) is 5.92 Å². The number of alkyl halides is 4. The van der Waals surface area contributed by atoms with Crippen LogP contribution < -0.4 is 4.90 Å². The third-order valence-electron chi connectivity index (χ3n) is 6.46. The molecule has 0 radical (unpaired) electrons. The number of benzene rings is 1. The second-order valence-electron chi connectivity index (χ2n) is 9.28. The van der Waals surface area contributed by atoms with Crippen LogP contribution in [0, 0.1) is 17.2 Å². The number of anilines is 1. The maximum absolute atomic E-state index is 15.0. The van der Waals surface area contributed by atoms with E-state index in [0.29, 0.717) is 25.5 Å². The van der Waals surface area contributed by atoms with Crippen molar-refractivity contribution >= 4 is 23.0 Å². The Hall–Kier alpha value is -2.52. The van der Waals surface area contributed by atoms with E-state index in [1.54, 1.807) is 26.0 Å². The number of aliphatic hydroxyl groups excluding tert-OH is 1. The maximum Gasteiger partial charge on any atom is 0.417 e. The third-order valence-corrected chi connectivity index (χ3v) is 6.84. The van der Waals surface area contributed by atoms with Crippen molar-refractivity contribution in [3.8, 4) is 6.07 Å².